The van der Waals surface area contributed by atoms with Crippen molar-refractivity contribution < 1.29 is 4.74 Å². The van der Waals surface area contributed by atoms with Gasteiger partial charge in [0, 0.05) is 17.0 Å². The number of fused-ring (bicyclic) bond motifs is 1. The molecule has 1 N–H and O–H groups in total. The first-order chi connectivity index (χ1) is 8.33. The molecule has 0 bridgehead atoms. The Morgan fingerprint density at radius 2 is 2.18 bits per heavy atom. The van der Waals surface area contributed by atoms with Crippen LogP contribution in [0.1, 0.15) is 16.5 Å². The average molecular weight is 266 g/mol. The second-order valence-corrected chi connectivity index (χ2v) is 5.79. The van der Waals surface area contributed by atoms with Crippen LogP contribution in [-0.2, 0) is 6.54 Å². The molecular weight excluding hydrogens is 254 g/mol. The van der Waals surface area contributed by atoms with Crippen LogP contribution in [-0.4, -0.2) is 6.61 Å². The van der Waals surface area contributed by atoms with Gasteiger partial charge in [0.15, 0.2) is 0 Å². The van der Waals surface area contributed by atoms with E-state index in [0.29, 0.717) is 6.61 Å². The Hall–Kier alpha value is -1.03. The van der Waals surface area contributed by atoms with Gasteiger partial charge >= 0.3 is 0 Å². The molecule has 3 rings (SSSR count). The molecule has 2 nitrogen and oxygen atoms in total. The van der Waals surface area contributed by atoms with Crippen LogP contribution in [0.4, 0.5) is 0 Å². The van der Waals surface area contributed by atoms with Gasteiger partial charge in [-0.15, -0.1) is 11.3 Å². The summed E-state index contributed by atoms with van der Waals surface area (Å²) in [5, 5.41) is 3.49. The third-order valence-corrected chi connectivity index (χ3v) is 4.08. The summed E-state index contributed by atoms with van der Waals surface area (Å²) in [6.07, 6.45) is 0. The predicted molar refractivity (Wildman–Crippen MR) is 70.8 cm³/mol. The summed E-state index contributed by atoms with van der Waals surface area (Å²) >= 11 is 7.52. The van der Waals surface area contributed by atoms with Gasteiger partial charge < -0.3 is 10.1 Å². The lowest BCUT2D eigenvalue weighted by atomic mass is 10.1. The monoisotopic (exact) mass is 265 g/mol. The standard InChI is InChI=1S/C13H12ClNOS/c14-13-6-5-9(17-13)7-15-11-8-16-12-4-2-1-3-10(11)12/h1-6,11,15H,7-8H2. The number of nitrogens with one attached hydrogen (secondary N) is 1. The van der Waals surface area contributed by atoms with E-state index in [1.165, 1.54) is 10.4 Å². The third-order valence-electron chi connectivity index (χ3n) is 2.85. The normalized spacial score (nSPS) is 17.8. The van der Waals surface area contributed by atoms with Gasteiger partial charge in [-0.3, -0.25) is 0 Å². The lowest BCUT2D eigenvalue weighted by Crippen LogP contribution is -2.21. The van der Waals surface area contributed by atoms with Crippen LogP contribution in [0.5, 0.6) is 5.75 Å². The first-order valence-corrected chi connectivity index (χ1v) is 6.72. The molecular formula is C13H12ClNOS. The molecule has 4 heteroatoms. The molecule has 1 aromatic carbocycles. The molecule has 1 aromatic heterocycles. The van der Waals surface area contributed by atoms with Crippen LogP contribution >= 0.6 is 22.9 Å². The van der Waals surface area contributed by atoms with E-state index in [2.05, 4.69) is 17.4 Å². The summed E-state index contributed by atoms with van der Waals surface area (Å²) in [5.41, 5.74) is 1.25. The van der Waals surface area contributed by atoms with Gasteiger partial charge in [0.25, 0.3) is 0 Å². The zero-order chi connectivity index (χ0) is 11.7. The van der Waals surface area contributed by atoms with Crippen molar-refractivity contribution >= 4 is 22.9 Å². The van der Waals surface area contributed by atoms with E-state index >= 15 is 0 Å². The maximum absolute atomic E-state index is 5.90. The summed E-state index contributed by atoms with van der Waals surface area (Å²) in [6, 6.07) is 12.4. The molecule has 0 aliphatic carbocycles. The predicted octanol–water partition coefficient (Wildman–Crippen LogP) is 3.62. The topological polar surface area (TPSA) is 21.3 Å². The molecule has 1 atom stereocenters. The largest absolute Gasteiger partial charge is 0.491 e. The Morgan fingerprint density at radius 1 is 1.29 bits per heavy atom. The van der Waals surface area contributed by atoms with E-state index in [1.54, 1.807) is 11.3 Å². The van der Waals surface area contributed by atoms with Crippen molar-refractivity contribution in [3.63, 3.8) is 0 Å². The molecule has 0 radical (unpaired) electrons. The minimum Gasteiger partial charge on any atom is -0.491 e. The molecule has 0 fully saturated rings. The molecule has 2 aromatic rings. The second kappa shape index (κ2) is 4.69. The van der Waals surface area contributed by atoms with Crippen LogP contribution in [0.3, 0.4) is 0 Å². The number of para-hydroxylation sites is 1. The van der Waals surface area contributed by atoms with E-state index in [-0.39, 0.29) is 6.04 Å². The SMILES string of the molecule is Clc1ccc(CNC2COc3ccccc32)s1. The number of ether oxygens (including phenoxy) is 1. The Bertz CT molecular complexity index is 526. The maximum atomic E-state index is 5.90. The van der Waals surface area contributed by atoms with Gasteiger partial charge in [0.2, 0.25) is 0 Å². The van der Waals surface area contributed by atoms with Crippen LogP contribution in [0.2, 0.25) is 4.34 Å². The van der Waals surface area contributed by atoms with Crippen molar-refractivity contribution in [2.24, 2.45) is 0 Å². The molecule has 1 aliphatic rings. The first-order valence-electron chi connectivity index (χ1n) is 5.52. The summed E-state index contributed by atoms with van der Waals surface area (Å²) < 4.78 is 6.46. The van der Waals surface area contributed by atoms with E-state index in [4.69, 9.17) is 16.3 Å². The number of thiophene rings is 1. The number of hydrogen-bond donors (Lipinski definition) is 1. The average Bonchev–Trinajstić information content (AvgIpc) is 2.93. The van der Waals surface area contributed by atoms with Crippen molar-refractivity contribution in [3.05, 3.63) is 51.2 Å². The fraction of sp³-hybridized carbons (Fsp3) is 0.231. The molecule has 1 unspecified atom stereocenters. The Labute approximate surface area is 109 Å². The van der Waals surface area contributed by atoms with Crippen molar-refractivity contribution in [3.8, 4) is 5.75 Å². The lowest BCUT2D eigenvalue weighted by Gasteiger charge is -2.10. The highest BCUT2D eigenvalue weighted by Crippen LogP contribution is 2.32. The number of halogens is 1. The lowest BCUT2D eigenvalue weighted by molar-refractivity contribution is 0.311. The van der Waals surface area contributed by atoms with E-state index in [1.807, 2.05) is 24.3 Å². The van der Waals surface area contributed by atoms with E-state index in [9.17, 15) is 0 Å². The highest BCUT2D eigenvalue weighted by atomic mass is 35.5. The Balaban J connectivity index is 1.68. The molecule has 2 heterocycles. The van der Waals surface area contributed by atoms with Crippen LogP contribution in [0.15, 0.2) is 36.4 Å². The highest BCUT2D eigenvalue weighted by molar-refractivity contribution is 7.16. The van der Waals surface area contributed by atoms with Gasteiger partial charge in [-0.1, -0.05) is 29.8 Å². The molecule has 17 heavy (non-hydrogen) atoms. The quantitative estimate of drug-likeness (QED) is 0.915. The second-order valence-electron chi connectivity index (χ2n) is 3.99. The summed E-state index contributed by atoms with van der Waals surface area (Å²) in [7, 11) is 0. The van der Waals surface area contributed by atoms with Crippen molar-refractivity contribution in [2.75, 3.05) is 6.61 Å². The Morgan fingerprint density at radius 3 is 3.00 bits per heavy atom. The summed E-state index contributed by atoms with van der Waals surface area (Å²) in [5.74, 6) is 0.995. The third kappa shape index (κ3) is 2.32. The van der Waals surface area contributed by atoms with Crippen molar-refractivity contribution in [1.82, 2.24) is 5.32 Å². The molecule has 88 valence electrons. The van der Waals surface area contributed by atoms with Gasteiger partial charge in [-0.05, 0) is 18.2 Å². The zero-order valence-corrected chi connectivity index (χ0v) is 10.7. The minimum atomic E-state index is 0.284. The number of benzene rings is 1. The van der Waals surface area contributed by atoms with Gasteiger partial charge in [0.1, 0.15) is 12.4 Å². The molecule has 0 spiro atoms. The van der Waals surface area contributed by atoms with Gasteiger partial charge in [-0.25, -0.2) is 0 Å². The van der Waals surface area contributed by atoms with Crippen molar-refractivity contribution in [1.29, 1.82) is 0 Å². The number of hydrogen-bond acceptors (Lipinski definition) is 3. The van der Waals surface area contributed by atoms with Crippen molar-refractivity contribution in [2.45, 2.75) is 12.6 Å². The summed E-state index contributed by atoms with van der Waals surface area (Å²) in [6.45, 7) is 1.54. The van der Waals surface area contributed by atoms with Gasteiger partial charge in [0.05, 0.1) is 10.4 Å². The van der Waals surface area contributed by atoms with Crippen LogP contribution < -0.4 is 10.1 Å². The fourth-order valence-corrected chi connectivity index (χ4v) is 3.04. The van der Waals surface area contributed by atoms with Crippen LogP contribution in [0, 0.1) is 0 Å². The highest BCUT2D eigenvalue weighted by Gasteiger charge is 2.22. The number of rotatable bonds is 3. The smallest absolute Gasteiger partial charge is 0.124 e. The fourth-order valence-electron chi connectivity index (χ4n) is 2.00. The molecule has 0 saturated heterocycles. The summed E-state index contributed by atoms with van der Waals surface area (Å²) in [4.78, 5) is 1.25. The zero-order valence-electron chi connectivity index (χ0n) is 9.15. The Kier molecular flexibility index (Phi) is 3.05. The van der Waals surface area contributed by atoms with E-state index < -0.39 is 0 Å². The molecule has 0 saturated carbocycles. The maximum Gasteiger partial charge on any atom is 0.124 e. The first kappa shape index (κ1) is 11.1. The molecule has 1 aliphatic heterocycles. The van der Waals surface area contributed by atoms with Crippen LogP contribution in [0.25, 0.3) is 0 Å². The minimum absolute atomic E-state index is 0.284. The van der Waals surface area contributed by atoms with Gasteiger partial charge in [-0.2, -0.15) is 0 Å². The van der Waals surface area contributed by atoms with E-state index in [0.717, 1.165) is 16.6 Å². The molecule has 0 amide bonds.